The maximum absolute atomic E-state index is 12.9. The molecule has 1 atom stereocenters. The first-order valence-corrected chi connectivity index (χ1v) is 7.44. The van der Waals surface area contributed by atoms with Gasteiger partial charge in [-0.15, -0.1) is 0 Å². The van der Waals surface area contributed by atoms with Crippen LogP contribution in [0.25, 0.3) is 5.69 Å². The van der Waals surface area contributed by atoms with Gasteiger partial charge in [0.15, 0.2) is 0 Å². The molecule has 1 N–H and O–H groups in total. The predicted molar refractivity (Wildman–Crippen MR) is 82.8 cm³/mol. The summed E-state index contributed by atoms with van der Waals surface area (Å²) >= 11 is 0. The van der Waals surface area contributed by atoms with Crippen molar-refractivity contribution in [2.75, 3.05) is 13.7 Å². The molecule has 2 heterocycles. The number of likely N-dealkylation sites (tertiary alicyclic amines) is 1. The fraction of sp³-hybridized carbons (Fsp3) is 0.312. The molecule has 7 heteroatoms. The Morgan fingerprint density at radius 3 is 2.83 bits per heavy atom. The summed E-state index contributed by atoms with van der Waals surface area (Å²) in [5.41, 5.74) is 3.60. The van der Waals surface area contributed by atoms with Crippen molar-refractivity contribution in [3.8, 4) is 5.69 Å². The standard InChI is InChI=1S/C16H18N4O3/c1-23-18-15(21)13-8-5-9-19(13)16(22)14-10-17-11-20(14)12-6-3-2-4-7-12/h2-4,6-7,10-11,13H,5,8-9H2,1H3,(H,18,21). The van der Waals surface area contributed by atoms with E-state index in [1.165, 1.54) is 13.3 Å². The Labute approximate surface area is 133 Å². The molecule has 1 aromatic heterocycles. The van der Waals surface area contributed by atoms with Gasteiger partial charge in [0.05, 0.1) is 19.6 Å². The summed E-state index contributed by atoms with van der Waals surface area (Å²) in [5, 5.41) is 0. The van der Waals surface area contributed by atoms with Gasteiger partial charge in [-0.3, -0.25) is 19.0 Å². The molecule has 3 rings (SSSR count). The van der Waals surface area contributed by atoms with Crippen molar-refractivity contribution in [2.24, 2.45) is 0 Å². The van der Waals surface area contributed by atoms with Crippen molar-refractivity contribution < 1.29 is 14.4 Å². The van der Waals surface area contributed by atoms with Crippen molar-refractivity contribution in [3.05, 3.63) is 48.5 Å². The molecule has 1 aliphatic heterocycles. The largest absolute Gasteiger partial charge is 0.325 e. The van der Waals surface area contributed by atoms with Gasteiger partial charge in [0.1, 0.15) is 11.7 Å². The molecule has 1 fully saturated rings. The van der Waals surface area contributed by atoms with E-state index in [1.54, 1.807) is 15.8 Å². The maximum Gasteiger partial charge on any atom is 0.273 e. The normalized spacial score (nSPS) is 17.3. The second kappa shape index (κ2) is 6.62. The van der Waals surface area contributed by atoms with Crippen LogP contribution in [0.1, 0.15) is 23.3 Å². The average Bonchev–Trinajstić information content (AvgIpc) is 3.24. The molecule has 23 heavy (non-hydrogen) atoms. The Kier molecular flexibility index (Phi) is 4.38. The molecule has 7 nitrogen and oxygen atoms in total. The van der Waals surface area contributed by atoms with Gasteiger partial charge < -0.3 is 4.90 Å². The minimum atomic E-state index is -0.512. The molecule has 0 bridgehead atoms. The van der Waals surface area contributed by atoms with Gasteiger partial charge in [0, 0.05) is 12.2 Å². The highest BCUT2D eigenvalue weighted by Gasteiger charge is 2.35. The number of imidazole rings is 1. The highest BCUT2D eigenvalue weighted by atomic mass is 16.6. The Morgan fingerprint density at radius 1 is 1.30 bits per heavy atom. The summed E-state index contributed by atoms with van der Waals surface area (Å²) < 4.78 is 1.73. The summed E-state index contributed by atoms with van der Waals surface area (Å²) in [6.45, 7) is 0.542. The van der Waals surface area contributed by atoms with Gasteiger partial charge in [0.2, 0.25) is 0 Å². The SMILES string of the molecule is CONC(=O)C1CCCN1C(=O)c1cncn1-c1ccccc1. The summed E-state index contributed by atoms with van der Waals surface area (Å²) in [7, 11) is 1.38. The van der Waals surface area contributed by atoms with Crippen LogP contribution in [-0.2, 0) is 9.63 Å². The van der Waals surface area contributed by atoms with Crippen LogP contribution < -0.4 is 5.48 Å². The zero-order valence-electron chi connectivity index (χ0n) is 12.8. The first-order valence-electron chi connectivity index (χ1n) is 7.44. The number of nitrogens with one attached hydrogen (secondary N) is 1. The lowest BCUT2D eigenvalue weighted by molar-refractivity contribution is -0.135. The monoisotopic (exact) mass is 314 g/mol. The fourth-order valence-corrected chi connectivity index (χ4v) is 2.85. The number of hydrogen-bond donors (Lipinski definition) is 1. The number of benzene rings is 1. The van der Waals surface area contributed by atoms with E-state index in [2.05, 4.69) is 15.3 Å². The van der Waals surface area contributed by atoms with E-state index in [0.717, 1.165) is 12.1 Å². The molecule has 0 saturated carbocycles. The molecule has 0 aliphatic carbocycles. The minimum Gasteiger partial charge on any atom is -0.325 e. The predicted octanol–water partition coefficient (Wildman–Crippen LogP) is 1.15. The zero-order valence-corrected chi connectivity index (χ0v) is 12.8. The van der Waals surface area contributed by atoms with Crippen LogP contribution in [0.2, 0.25) is 0 Å². The number of aromatic nitrogens is 2. The number of rotatable bonds is 4. The number of hydrogen-bond acceptors (Lipinski definition) is 4. The molecule has 2 amide bonds. The summed E-state index contributed by atoms with van der Waals surface area (Å²) in [6, 6.07) is 8.99. The topological polar surface area (TPSA) is 76.5 Å². The molecule has 1 unspecified atom stereocenters. The Balaban J connectivity index is 1.87. The molecular formula is C16H18N4O3. The van der Waals surface area contributed by atoms with E-state index in [1.807, 2.05) is 30.3 Å². The van der Waals surface area contributed by atoms with E-state index in [-0.39, 0.29) is 11.8 Å². The van der Waals surface area contributed by atoms with E-state index in [4.69, 9.17) is 0 Å². The fourth-order valence-electron chi connectivity index (χ4n) is 2.85. The van der Waals surface area contributed by atoms with Gasteiger partial charge in [-0.2, -0.15) is 0 Å². The van der Waals surface area contributed by atoms with Crippen LogP contribution in [0.3, 0.4) is 0 Å². The lowest BCUT2D eigenvalue weighted by Gasteiger charge is -2.23. The first-order chi connectivity index (χ1) is 11.2. The lowest BCUT2D eigenvalue weighted by Crippen LogP contribution is -2.46. The van der Waals surface area contributed by atoms with Crippen LogP contribution in [0, 0.1) is 0 Å². The summed E-state index contributed by atoms with van der Waals surface area (Å²) in [5.74, 6) is -0.510. The number of amides is 2. The van der Waals surface area contributed by atoms with Gasteiger partial charge in [-0.05, 0) is 25.0 Å². The number of nitrogens with zero attached hydrogens (tertiary/aromatic N) is 3. The third kappa shape index (κ3) is 2.95. The highest BCUT2D eigenvalue weighted by molar-refractivity contribution is 5.97. The number of hydroxylamine groups is 1. The van der Waals surface area contributed by atoms with Gasteiger partial charge in [-0.1, -0.05) is 18.2 Å². The molecule has 0 spiro atoms. The van der Waals surface area contributed by atoms with E-state index >= 15 is 0 Å². The second-order valence-electron chi connectivity index (χ2n) is 5.31. The smallest absolute Gasteiger partial charge is 0.273 e. The van der Waals surface area contributed by atoms with Crippen LogP contribution in [0.4, 0.5) is 0 Å². The zero-order chi connectivity index (χ0) is 16.2. The van der Waals surface area contributed by atoms with E-state index in [0.29, 0.717) is 18.7 Å². The first kappa shape index (κ1) is 15.2. The quantitative estimate of drug-likeness (QED) is 0.859. The molecule has 2 aromatic rings. The Morgan fingerprint density at radius 2 is 2.09 bits per heavy atom. The maximum atomic E-state index is 12.9. The molecular weight excluding hydrogens is 296 g/mol. The number of para-hydroxylation sites is 1. The minimum absolute atomic E-state index is 0.208. The van der Waals surface area contributed by atoms with Gasteiger partial charge in [-0.25, -0.2) is 10.5 Å². The third-order valence-electron chi connectivity index (χ3n) is 3.91. The average molecular weight is 314 g/mol. The molecule has 0 radical (unpaired) electrons. The van der Waals surface area contributed by atoms with Crippen LogP contribution in [0.15, 0.2) is 42.9 Å². The third-order valence-corrected chi connectivity index (χ3v) is 3.91. The van der Waals surface area contributed by atoms with Crippen molar-refractivity contribution in [2.45, 2.75) is 18.9 Å². The van der Waals surface area contributed by atoms with Crippen LogP contribution in [0.5, 0.6) is 0 Å². The molecule has 120 valence electrons. The second-order valence-corrected chi connectivity index (χ2v) is 5.31. The molecule has 1 aliphatic rings. The lowest BCUT2D eigenvalue weighted by atomic mass is 10.2. The molecule has 1 saturated heterocycles. The number of carbonyl (C=O) groups is 2. The van der Waals surface area contributed by atoms with Crippen LogP contribution >= 0.6 is 0 Å². The number of carbonyl (C=O) groups excluding carboxylic acids is 2. The Bertz CT molecular complexity index is 698. The van der Waals surface area contributed by atoms with Crippen molar-refractivity contribution in [1.29, 1.82) is 0 Å². The molecule has 1 aromatic carbocycles. The van der Waals surface area contributed by atoms with E-state index < -0.39 is 6.04 Å². The summed E-state index contributed by atoms with van der Waals surface area (Å²) in [4.78, 5) is 35.2. The van der Waals surface area contributed by atoms with Gasteiger partial charge in [0.25, 0.3) is 11.8 Å². The van der Waals surface area contributed by atoms with Crippen molar-refractivity contribution in [1.82, 2.24) is 19.9 Å². The van der Waals surface area contributed by atoms with Crippen LogP contribution in [-0.4, -0.2) is 46.0 Å². The summed E-state index contributed by atoms with van der Waals surface area (Å²) in [6.07, 6.45) is 4.54. The van der Waals surface area contributed by atoms with Crippen molar-refractivity contribution >= 4 is 11.8 Å². The van der Waals surface area contributed by atoms with E-state index in [9.17, 15) is 9.59 Å². The van der Waals surface area contributed by atoms with Gasteiger partial charge >= 0.3 is 0 Å². The highest BCUT2D eigenvalue weighted by Crippen LogP contribution is 2.21. The van der Waals surface area contributed by atoms with Crippen molar-refractivity contribution in [3.63, 3.8) is 0 Å². The Hall–Kier alpha value is -2.67.